The molecule has 0 heterocycles. The van der Waals surface area contributed by atoms with Crippen LogP contribution in [0.1, 0.15) is 43.2 Å². The number of benzene rings is 10. The molecular formula is C66H51N. The maximum Gasteiger partial charge on any atom is 0.0540 e. The molecule has 1 nitrogen and oxygen atoms in total. The van der Waals surface area contributed by atoms with Crippen molar-refractivity contribution in [2.75, 3.05) is 4.90 Å². The first-order valence-electron chi connectivity index (χ1n) is 24.0. The van der Waals surface area contributed by atoms with E-state index in [1.54, 1.807) is 0 Å². The maximum atomic E-state index is 2.55. The lowest BCUT2D eigenvalue weighted by molar-refractivity contribution is 0.353. The van der Waals surface area contributed by atoms with Gasteiger partial charge in [-0.05, 0) is 145 Å². The van der Waals surface area contributed by atoms with Gasteiger partial charge in [-0.25, -0.2) is 0 Å². The summed E-state index contributed by atoms with van der Waals surface area (Å²) in [6.45, 7) is 0. The van der Waals surface area contributed by atoms with E-state index < -0.39 is 0 Å². The minimum Gasteiger partial charge on any atom is -0.310 e. The standard InChI is InChI=1S/C66H51N/c1-5-21-47(22-6-1)51-43-52(48-23-7-2-8-24-48)45-53(44-51)49-35-37-54(38-36-49)67(55-39-40-61-60-31-15-17-33-63(60)66(64(61)46-55)41-19-4-20-42-66)65-34-18-16-32-62(65)59-30-14-13-29-58(59)57-28-12-11-27-56(57)50-25-9-3-10-26-50/h1-3,5-18,21-40,43-46H,4,19-20,41-42H2. The highest BCUT2D eigenvalue weighted by molar-refractivity contribution is 5.98. The van der Waals surface area contributed by atoms with E-state index in [1.807, 2.05) is 0 Å². The predicted molar refractivity (Wildman–Crippen MR) is 283 cm³/mol. The van der Waals surface area contributed by atoms with E-state index in [9.17, 15) is 0 Å². The normalized spacial score (nSPS) is 13.5. The zero-order valence-corrected chi connectivity index (χ0v) is 37.7. The van der Waals surface area contributed by atoms with Crippen LogP contribution in [0.15, 0.2) is 249 Å². The predicted octanol–water partition coefficient (Wildman–Crippen LogP) is 18.4. The van der Waals surface area contributed by atoms with Crippen molar-refractivity contribution >= 4 is 17.1 Å². The van der Waals surface area contributed by atoms with Gasteiger partial charge in [-0.2, -0.15) is 0 Å². The van der Waals surface area contributed by atoms with Crippen molar-refractivity contribution < 1.29 is 0 Å². The van der Waals surface area contributed by atoms with Crippen LogP contribution in [0.4, 0.5) is 17.1 Å². The largest absolute Gasteiger partial charge is 0.310 e. The lowest BCUT2D eigenvalue weighted by Crippen LogP contribution is -2.28. The number of rotatable bonds is 9. The Balaban J connectivity index is 1.04. The van der Waals surface area contributed by atoms with E-state index in [4.69, 9.17) is 0 Å². The summed E-state index contributed by atoms with van der Waals surface area (Å²) in [6.07, 6.45) is 6.19. The average molecular weight is 858 g/mol. The van der Waals surface area contributed by atoms with Gasteiger partial charge in [0, 0.05) is 22.4 Å². The Morgan fingerprint density at radius 3 is 1.27 bits per heavy atom. The van der Waals surface area contributed by atoms with E-state index in [2.05, 4.69) is 254 Å². The number of hydrogen-bond donors (Lipinski definition) is 0. The topological polar surface area (TPSA) is 3.24 Å². The summed E-state index contributed by atoms with van der Waals surface area (Å²) in [7, 11) is 0. The van der Waals surface area contributed by atoms with Gasteiger partial charge in [0.25, 0.3) is 0 Å². The minimum atomic E-state index is 0.0310. The second kappa shape index (κ2) is 17.4. The third kappa shape index (κ3) is 7.38. The van der Waals surface area contributed by atoms with Crippen molar-refractivity contribution in [3.63, 3.8) is 0 Å². The third-order valence-electron chi connectivity index (χ3n) is 14.5. The molecule has 67 heavy (non-hydrogen) atoms. The third-order valence-corrected chi connectivity index (χ3v) is 14.5. The Labute approximate surface area is 395 Å². The molecule has 0 unspecified atom stereocenters. The summed E-state index contributed by atoms with van der Waals surface area (Å²) in [4.78, 5) is 2.52. The molecule has 2 aliphatic rings. The summed E-state index contributed by atoms with van der Waals surface area (Å²) < 4.78 is 0. The molecule has 10 aromatic rings. The van der Waals surface area contributed by atoms with E-state index in [-0.39, 0.29) is 5.41 Å². The summed E-state index contributed by atoms with van der Waals surface area (Å²) in [6, 6.07) is 92.0. The number of para-hydroxylation sites is 1. The maximum absolute atomic E-state index is 2.55. The average Bonchev–Trinajstić information content (AvgIpc) is 3.67. The molecule has 320 valence electrons. The van der Waals surface area contributed by atoms with Crippen LogP contribution in [0.25, 0.3) is 77.9 Å². The first-order valence-corrected chi connectivity index (χ1v) is 24.0. The highest BCUT2D eigenvalue weighted by Crippen LogP contribution is 2.57. The van der Waals surface area contributed by atoms with E-state index in [0.29, 0.717) is 0 Å². The molecule has 2 aliphatic carbocycles. The molecule has 0 atom stereocenters. The van der Waals surface area contributed by atoms with Gasteiger partial charge in [0.05, 0.1) is 5.69 Å². The second-order valence-electron chi connectivity index (χ2n) is 18.3. The van der Waals surface area contributed by atoms with Crippen LogP contribution in [0.5, 0.6) is 0 Å². The fourth-order valence-corrected chi connectivity index (χ4v) is 11.3. The van der Waals surface area contributed by atoms with Crippen molar-refractivity contribution in [3.8, 4) is 77.9 Å². The van der Waals surface area contributed by atoms with Crippen LogP contribution in [-0.2, 0) is 5.41 Å². The van der Waals surface area contributed by atoms with Crippen LogP contribution in [0.3, 0.4) is 0 Å². The molecule has 0 saturated heterocycles. The van der Waals surface area contributed by atoms with Crippen molar-refractivity contribution in [2.45, 2.75) is 37.5 Å². The van der Waals surface area contributed by atoms with Gasteiger partial charge in [-0.15, -0.1) is 0 Å². The Kier molecular flexibility index (Phi) is 10.5. The molecule has 0 amide bonds. The number of fused-ring (bicyclic) bond motifs is 5. The molecule has 0 aromatic heterocycles. The van der Waals surface area contributed by atoms with Gasteiger partial charge in [0.1, 0.15) is 0 Å². The lowest BCUT2D eigenvalue weighted by Gasteiger charge is -2.37. The zero-order chi connectivity index (χ0) is 44.6. The lowest BCUT2D eigenvalue weighted by atomic mass is 9.68. The Morgan fingerprint density at radius 1 is 0.254 bits per heavy atom. The van der Waals surface area contributed by atoms with Crippen LogP contribution >= 0.6 is 0 Å². The molecule has 1 spiro atoms. The quantitative estimate of drug-likeness (QED) is 0.140. The van der Waals surface area contributed by atoms with Crippen LogP contribution in [-0.4, -0.2) is 0 Å². The Morgan fingerprint density at radius 2 is 0.672 bits per heavy atom. The molecule has 0 aliphatic heterocycles. The van der Waals surface area contributed by atoms with Crippen molar-refractivity contribution in [2.24, 2.45) is 0 Å². The molecule has 0 bridgehead atoms. The van der Waals surface area contributed by atoms with Crippen molar-refractivity contribution in [1.29, 1.82) is 0 Å². The molecule has 1 saturated carbocycles. The van der Waals surface area contributed by atoms with E-state index in [0.717, 1.165) is 11.4 Å². The Hall–Kier alpha value is -8.00. The first kappa shape index (κ1) is 40.5. The van der Waals surface area contributed by atoms with Crippen molar-refractivity contribution in [3.05, 3.63) is 260 Å². The molecule has 10 aromatic carbocycles. The SMILES string of the molecule is c1ccc(-c2cc(-c3ccccc3)cc(-c3ccc(N(c4ccc5c(c4)C4(CCCCC4)c4ccccc4-5)c4ccccc4-c4ccccc4-c4ccccc4-c4ccccc4)cc3)c2)cc1. The molecule has 1 heteroatoms. The molecule has 1 fully saturated rings. The van der Waals surface area contributed by atoms with Gasteiger partial charge in [0.2, 0.25) is 0 Å². The van der Waals surface area contributed by atoms with Gasteiger partial charge >= 0.3 is 0 Å². The van der Waals surface area contributed by atoms with E-state index >= 15 is 0 Å². The number of nitrogens with zero attached hydrogens (tertiary/aromatic N) is 1. The molecule has 12 rings (SSSR count). The van der Waals surface area contributed by atoms with Gasteiger partial charge in [0.15, 0.2) is 0 Å². The second-order valence-corrected chi connectivity index (χ2v) is 18.3. The van der Waals surface area contributed by atoms with Crippen LogP contribution in [0.2, 0.25) is 0 Å². The van der Waals surface area contributed by atoms with E-state index in [1.165, 1.54) is 127 Å². The monoisotopic (exact) mass is 857 g/mol. The van der Waals surface area contributed by atoms with Gasteiger partial charge < -0.3 is 4.90 Å². The zero-order valence-electron chi connectivity index (χ0n) is 37.7. The highest BCUT2D eigenvalue weighted by Gasteiger charge is 2.44. The summed E-state index contributed by atoms with van der Waals surface area (Å²) in [5, 5.41) is 0. The Bertz CT molecular complexity index is 3300. The molecule has 0 radical (unpaired) electrons. The van der Waals surface area contributed by atoms with Gasteiger partial charge in [-0.3, -0.25) is 0 Å². The molecule has 0 N–H and O–H groups in total. The number of hydrogen-bond acceptors (Lipinski definition) is 1. The van der Waals surface area contributed by atoms with Gasteiger partial charge in [-0.1, -0.05) is 219 Å². The summed E-state index contributed by atoms with van der Waals surface area (Å²) in [5.41, 5.74) is 23.7. The summed E-state index contributed by atoms with van der Waals surface area (Å²) >= 11 is 0. The first-order chi connectivity index (χ1) is 33.2. The summed E-state index contributed by atoms with van der Waals surface area (Å²) in [5.74, 6) is 0. The smallest absolute Gasteiger partial charge is 0.0540 e. The number of anilines is 3. The highest BCUT2D eigenvalue weighted by atomic mass is 15.1. The minimum absolute atomic E-state index is 0.0310. The fourth-order valence-electron chi connectivity index (χ4n) is 11.3. The van der Waals surface area contributed by atoms with Crippen molar-refractivity contribution in [1.82, 2.24) is 0 Å². The van der Waals surface area contributed by atoms with Crippen LogP contribution in [0, 0.1) is 0 Å². The van der Waals surface area contributed by atoms with Crippen LogP contribution < -0.4 is 4.90 Å². The molecular weight excluding hydrogens is 807 g/mol. The fraction of sp³-hybridized carbons (Fsp3) is 0.0909.